The summed E-state index contributed by atoms with van der Waals surface area (Å²) in [5.41, 5.74) is 3.14. The van der Waals surface area contributed by atoms with E-state index in [0.29, 0.717) is 32.7 Å². The van der Waals surface area contributed by atoms with Gasteiger partial charge >= 0.3 is 5.97 Å². The molecule has 35 heavy (non-hydrogen) atoms. The first kappa shape index (κ1) is 23.0. The van der Waals surface area contributed by atoms with E-state index in [1.54, 1.807) is 25.7 Å². The van der Waals surface area contributed by atoms with Gasteiger partial charge in [-0.15, -0.1) is 0 Å². The summed E-state index contributed by atoms with van der Waals surface area (Å²) in [7, 11) is 0. The van der Waals surface area contributed by atoms with E-state index in [1.165, 1.54) is 15.9 Å². The zero-order chi connectivity index (χ0) is 24.9. The first-order chi connectivity index (χ1) is 16.8. The Morgan fingerprint density at radius 2 is 1.77 bits per heavy atom. The topological polar surface area (TPSA) is 81.0 Å². The fourth-order valence-corrected chi connectivity index (χ4v) is 5.81. The van der Waals surface area contributed by atoms with Crippen molar-refractivity contribution in [2.45, 2.75) is 39.8 Å². The smallest absolute Gasteiger partial charge is 0.338 e. The van der Waals surface area contributed by atoms with Crippen LogP contribution in [-0.4, -0.2) is 29.1 Å². The predicted octanol–water partition coefficient (Wildman–Crippen LogP) is 2.92. The average Bonchev–Trinajstić information content (AvgIpc) is 3.30. The van der Waals surface area contributed by atoms with Gasteiger partial charge in [0.25, 0.3) is 11.5 Å². The summed E-state index contributed by atoms with van der Waals surface area (Å²) in [6, 6.07) is 16.1. The third-order valence-electron chi connectivity index (χ3n) is 6.14. The number of likely N-dealkylation sites (N-methyl/N-ethyl adjacent to an activating group) is 1. The number of benzene rings is 2. The minimum Gasteiger partial charge on any atom is -0.459 e. The van der Waals surface area contributed by atoms with Gasteiger partial charge in [-0.05, 0) is 39.3 Å². The minimum absolute atomic E-state index is 0.203. The van der Waals surface area contributed by atoms with Crippen molar-refractivity contribution in [1.29, 1.82) is 0 Å². The van der Waals surface area contributed by atoms with Gasteiger partial charge in [0.2, 0.25) is 0 Å². The van der Waals surface area contributed by atoms with E-state index in [4.69, 9.17) is 4.74 Å². The summed E-state index contributed by atoms with van der Waals surface area (Å²) in [4.78, 5) is 47.3. The predicted molar refractivity (Wildman–Crippen MR) is 135 cm³/mol. The first-order valence-corrected chi connectivity index (χ1v) is 12.4. The Morgan fingerprint density at radius 1 is 1.09 bits per heavy atom. The van der Waals surface area contributed by atoms with Crippen LogP contribution in [-0.2, 0) is 14.3 Å². The van der Waals surface area contributed by atoms with Gasteiger partial charge in [0.1, 0.15) is 4.53 Å². The molecule has 0 spiro atoms. The summed E-state index contributed by atoms with van der Waals surface area (Å²) >= 11 is 1.18. The molecule has 178 valence electrons. The van der Waals surface area contributed by atoms with E-state index < -0.39 is 12.0 Å². The number of thiazole rings is 1. The van der Waals surface area contributed by atoms with Crippen molar-refractivity contribution < 1.29 is 14.3 Å². The van der Waals surface area contributed by atoms with Crippen LogP contribution in [0.5, 0.6) is 0 Å². The van der Waals surface area contributed by atoms with Gasteiger partial charge in [-0.1, -0.05) is 59.9 Å². The average molecular weight is 488 g/mol. The molecule has 0 radical (unpaired) electrons. The Kier molecular flexibility index (Phi) is 5.76. The van der Waals surface area contributed by atoms with Crippen molar-refractivity contribution >= 4 is 34.5 Å². The Balaban J connectivity index is 1.81. The molecule has 7 nitrogen and oxygen atoms in total. The second-order valence-electron chi connectivity index (χ2n) is 8.71. The third kappa shape index (κ3) is 3.65. The summed E-state index contributed by atoms with van der Waals surface area (Å²) in [6.07, 6.45) is -0.321. The number of carbonyl (C=O) groups is 2. The highest BCUT2D eigenvalue weighted by Crippen LogP contribution is 2.35. The number of fused-ring (bicyclic) bond motifs is 2. The Morgan fingerprint density at radius 3 is 2.46 bits per heavy atom. The first-order valence-electron chi connectivity index (χ1n) is 11.6. The lowest BCUT2D eigenvalue weighted by molar-refractivity contribution is -0.143. The Bertz CT molecular complexity index is 1560. The molecule has 0 saturated heterocycles. The van der Waals surface area contributed by atoms with Crippen LogP contribution in [0, 0.1) is 0 Å². The molecule has 3 heterocycles. The lowest BCUT2D eigenvalue weighted by Gasteiger charge is -2.25. The Labute approximate surface area is 206 Å². The molecule has 5 rings (SSSR count). The molecule has 0 saturated carbocycles. The van der Waals surface area contributed by atoms with E-state index in [0.717, 1.165) is 16.8 Å². The summed E-state index contributed by atoms with van der Waals surface area (Å²) < 4.78 is 7.38. The van der Waals surface area contributed by atoms with Gasteiger partial charge in [0, 0.05) is 12.1 Å². The van der Waals surface area contributed by atoms with Crippen molar-refractivity contribution in [2.75, 3.05) is 11.4 Å². The quantitative estimate of drug-likeness (QED) is 0.530. The maximum Gasteiger partial charge on any atom is 0.338 e. The monoisotopic (exact) mass is 487 g/mol. The summed E-state index contributed by atoms with van der Waals surface area (Å²) in [5.74, 6) is -0.710. The zero-order valence-corrected chi connectivity index (χ0v) is 20.8. The normalized spacial score (nSPS) is 18.5. The lowest BCUT2D eigenvalue weighted by atomic mass is 9.96. The second-order valence-corrected chi connectivity index (χ2v) is 9.69. The molecule has 1 atom stereocenters. The van der Waals surface area contributed by atoms with Crippen LogP contribution in [0.2, 0.25) is 0 Å². The molecule has 1 amide bonds. The van der Waals surface area contributed by atoms with Crippen molar-refractivity contribution in [3.8, 4) is 0 Å². The highest BCUT2D eigenvalue weighted by molar-refractivity contribution is 7.07. The number of para-hydroxylation sites is 1. The van der Waals surface area contributed by atoms with Gasteiger partial charge < -0.3 is 9.64 Å². The zero-order valence-electron chi connectivity index (χ0n) is 19.9. The molecular formula is C27H25N3O4S. The number of aromatic nitrogens is 1. The maximum atomic E-state index is 14.0. The molecule has 8 heteroatoms. The fraction of sp³-hybridized carbons (Fsp3) is 0.259. The Hall–Kier alpha value is -3.78. The molecule has 2 aromatic carbocycles. The van der Waals surface area contributed by atoms with Crippen LogP contribution in [0.1, 0.15) is 44.9 Å². The number of hydrogen-bond acceptors (Lipinski definition) is 6. The standard InChI is InChI=1S/C27H25N3O4S/c1-5-29-19-14-10-9-13-18(19)21(24(29)31)23-25(32)30-22(17-11-7-6-8-12-17)20(26(33)34-15(2)3)16(4)28-27(30)35-23/h6-15,22H,5H2,1-4H3/b23-21-. The number of allylic oxidation sites excluding steroid dienone is 1. The molecule has 0 N–H and O–H groups in total. The van der Waals surface area contributed by atoms with E-state index >= 15 is 0 Å². The van der Waals surface area contributed by atoms with Crippen LogP contribution >= 0.6 is 11.3 Å². The summed E-state index contributed by atoms with van der Waals surface area (Å²) in [6.45, 7) is 7.72. The van der Waals surface area contributed by atoms with E-state index in [2.05, 4.69) is 4.99 Å². The lowest BCUT2D eigenvalue weighted by Crippen LogP contribution is -2.41. The SMILES string of the molecule is CCN1C(=O)/C(=c2\sc3n(c2=O)C(c2ccccc2)C(C(=O)OC(C)C)=C(C)N=3)c2ccccc21. The van der Waals surface area contributed by atoms with Crippen LogP contribution in [0.4, 0.5) is 5.69 Å². The third-order valence-corrected chi connectivity index (χ3v) is 7.20. The molecule has 0 bridgehead atoms. The van der Waals surface area contributed by atoms with Gasteiger partial charge in [-0.2, -0.15) is 0 Å². The maximum absolute atomic E-state index is 14.0. The molecule has 1 unspecified atom stereocenters. The number of anilines is 1. The highest BCUT2D eigenvalue weighted by Gasteiger charge is 2.37. The van der Waals surface area contributed by atoms with Gasteiger partial charge in [0.15, 0.2) is 4.80 Å². The molecule has 0 aliphatic carbocycles. The van der Waals surface area contributed by atoms with Crippen molar-refractivity contribution in [3.63, 3.8) is 0 Å². The van der Waals surface area contributed by atoms with E-state index in [1.807, 2.05) is 61.5 Å². The number of carbonyl (C=O) groups excluding carboxylic acids is 2. The van der Waals surface area contributed by atoms with Gasteiger partial charge in [-0.3, -0.25) is 14.2 Å². The number of hydrogen-bond donors (Lipinski definition) is 0. The molecule has 0 fully saturated rings. The van der Waals surface area contributed by atoms with Crippen molar-refractivity contribution in [2.24, 2.45) is 4.99 Å². The van der Waals surface area contributed by atoms with Gasteiger partial charge in [0.05, 0.1) is 34.7 Å². The number of esters is 1. The van der Waals surface area contributed by atoms with Crippen LogP contribution in [0.25, 0.3) is 5.57 Å². The van der Waals surface area contributed by atoms with E-state index in [-0.39, 0.29) is 17.6 Å². The highest BCUT2D eigenvalue weighted by atomic mass is 32.1. The van der Waals surface area contributed by atoms with Gasteiger partial charge in [-0.25, -0.2) is 9.79 Å². The van der Waals surface area contributed by atoms with Crippen molar-refractivity contribution in [3.05, 3.63) is 96.7 Å². The molecular weight excluding hydrogens is 462 g/mol. The molecule has 2 aliphatic heterocycles. The van der Waals surface area contributed by atoms with Crippen LogP contribution < -0.4 is 19.8 Å². The number of amides is 1. The largest absolute Gasteiger partial charge is 0.459 e. The van der Waals surface area contributed by atoms with E-state index in [9.17, 15) is 14.4 Å². The molecule has 3 aromatic rings. The number of ether oxygens (including phenoxy) is 1. The van der Waals surface area contributed by atoms with Crippen LogP contribution in [0.3, 0.4) is 0 Å². The number of rotatable bonds is 4. The summed E-state index contributed by atoms with van der Waals surface area (Å²) in [5, 5.41) is 0. The van der Waals surface area contributed by atoms with Crippen LogP contribution in [0.15, 0.2) is 75.7 Å². The molecule has 2 aliphatic rings. The van der Waals surface area contributed by atoms with Crippen molar-refractivity contribution in [1.82, 2.24) is 4.57 Å². The second kappa shape index (κ2) is 8.78. The molecule has 1 aromatic heterocycles. The fourth-order valence-electron chi connectivity index (χ4n) is 4.67. The number of nitrogens with zero attached hydrogens (tertiary/aromatic N) is 3. The minimum atomic E-state index is -0.706.